The van der Waals surface area contributed by atoms with Crippen LogP contribution in [0, 0.1) is 0 Å². The Morgan fingerprint density at radius 2 is 1.04 bits per heavy atom. The second kappa shape index (κ2) is 17.9. The minimum Gasteiger partial charge on any atom is -0.356 e. The number of amides is 2. The van der Waals surface area contributed by atoms with E-state index in [0.717, 1.165) is 3.92 Å². The lowest BCUT2D eigenvalue weighted by atomic mass is 10.1. The van der Waals surface area contributed by atoms with E-state index in [2.05, 4.69) is 47.1 Å². The van der Waals surface area contributed by atoms with Crippen molar-refractivity contribution in [1.82, 2.24) is 10.6 Å². The molecule has 2 amide bonds. The predicted octanol–water partition coefficient (Wildman–Crippen LogP) is 2.68. The number of hydrogen-bond donors (Lipinski definition) is 2. The molecule has 0 heterocycles. The normalized spacial score (nSPS) is 12.8. The lowest BCUT2D eigenvalue weighted by Crippen LogP contribution is -2.38. The first kappa shape index (κ1) is 28.9. The van der Waals surface area contributed by atoms with Crippen molar-refractivity contribution in [3.8, 4) is 0 Å². The van der Waals surface area contributed by atoms with Gasteiger partial charge in [-0.3, -0.25) is 19.2 Å². The highest BCUT2D eigenvalue weighted by atomic mass is 127. The topological polar surface area (TPSA) is 92.3 Å². The summed E-state index contributed by atoms with van der Waals surface area (Å²) in [5.74, 6) is -1.44. The number of ketones is 2. The van der Waals surface area contributed by atoms with E-state index in [1.54, 1.807) is 0 Å². The first-order valence-corrected chi connectivity index (χ1v) is 9.44. The third kappa shape index (κ3) is 23.1. The van der Waals surface area contributed by atoms with Crippen molar-refractivity contribution in [3.05, 3.63) is 0 Å². The van der Waals surface area contributed by atoms with Gasteiger partial charge < -0.3 is 10.6 Å². The first-order chi connectivity index (χ1) is 11.4. The van der Waals surface area contributed by atoms with E-state index in [4.69, 9.17) is 15.7 Å². The molecule has 6 nitrogen and oxygen atoms in total. The van der Waals surface area contributed by atoms with Crippen LogP contribution in [-0.4, -0.2) is 54.9 Å². The van der Waals surface area contributed by atoms with E-state index in [-0.39, 0.29) is 11.6 Å². The van der Waals surface area contributed by atoms with Gasteiger partial charge in [0.2, 0.25) is 15.7 Å². The molecule has 3 unspecified atom stereocenters. The third-order valence-electron chi connectivity index (χ3n) is 2.99. The molecule has 0 aromatic heterocycles. The highest BCUT2D eigenvalue weighted by Crippen LogP contribution is 2.00. The summed E-state index contributed by atoms with van der Waals surface area (Å²) in [7, 11) is 9.61. The Labute approximate surface area is 168 Å². The maximum atomic E-state index is 10.6. The van der Waals surface area contributed by atoms with E-state index in [0.29, 0.717) is 12.8 Å². The summed E-state index contributed by atoms with van der Waals surface area (Å²) in [6.45, 7) is 10.9. The van der Waals surface area contributed by atoms with Crippen LogP contribution in [0.5, 0.6) is 0 Å². The molecule has 2 N–H and O–H groups in total. The summed E-state index contributed by atoms with van der Waals surface area (Å²) in [4.78, 5) is 41.7. The Morgan fingerprint density at radius 1 is 0.800 bits per heavy atom. The van der Waals surface area contributed by atoms with Crippen LogP contribution >= 0.6 is 22.6 Å². The molecule has 3 atom stereocenters. The van der Waals surface area contributed by atoms with Crippen molar-refractivity contribution < 1.29 is 19.2 Å². The fraction of sp³-hybridized carbons (Fsp3) is 0.750. The zero-order valence-electron chi connectivity index (χ0n) is 16.0. The molecule has 140 valence electrons. The van der Waals surface area contributed by atoms with Crippen LogP contribution in [0.15, 0.2) is 0 Å². The molecule has 0 bridgehead atoms. The van der Waals surface area contributed by atoms with Gasteiger partial charge in [0.15, 0.2) is 23.2 Å². The molecule has 0 saturated heterocycles. The molecular formula is C16H29B2IN2O4. The summed E-state index contributed by atoms with van der Waals surface area (Å²) >= 11 is 2.41. The maximum absolute atomic E-state index is 10.6. The van der Waals surface area contributed by atoms with E-state index in [9.17, 15) is 19.2 Å². The second-order valence-electron chi connectivity index (χ2n) is 5.35. The van der Waals surface area contributed by atoms with Crippen molar-refractivity contribution >= 4 is 61.5 Å². The van der Waals surface area contributed by atoms with Crippen molar-refractivity contribution in [2.75, 3.05) is 0 Å². The summed E-state index contributed by atoms with van der Waals surface area (Å²) < 4.78 is 0.854. The van der Waals surface area contributed by atoms with Crippen LogP contribution < -0.4 is 10.6 Å². The van der Waals surface area contributed by atoms with Gasteiger partial charge in [-0.1, -0.05) is 50.3 Å². The van der Waals surface area contributed by atoms with Crippen molar-refractivity contribution in [1.29, 1.82) is 0 Å². The number of nitrogens with one attached hydrogen (secondary N) is 2. The van der Waals surface area contributed by atoms with Gasteiger partial charge >= 0.3 is 0 Å². The van der Waals surface area contributed by atoms with Crippen LogP contribution in [0.1, 0.15) is 60.8 Å². The fourth-order valence-corrected chi connectivity index (χ4v) is 1.33. The smallest absolute Gasteiger partial charge is 0.200 e. The molecule has 9 heteroatoms. The number of hydrogen-bond acceptors (Lipinski definition) is 4. The number of Topliss-reactive ketones (excluding diaryl/α,β-unsaturated/α-hetero) is 2. The molecule has 0 saturated carbocycles. The van der Waals surface area contributed by atoms with Crippen LogP contribution in [0.2, 0.25) is 0 Å². The van der Waals surface area contributed by atoms with Crippen LogP contribution in [0.25, 0.3) is 0 Å². The average Bonchev–Trinajstić information content (AvgIpc) is 2.50. The standard InChI is InChI=1S/2C6H10BNO2.C4H9I/c2*1-3-5(4(2)9)8-6(7)10;1-3-4(2)5/h2*5H,3H2,1-2H3,(H,8,10);4H,3H2,1-2H3. The molecule has 0 aromatic carbocycles. The maximum Gasteiger partial charge on any atom is 0.200 e. The number of rotatable bonds is 7. The van der Waals surface area contributed by atoms with Gasteiger partial charge in [0.25, 0.3) is 0 Å². The molecule has 0 rings (SSSR count). The fourth-order valence-electron chi connectivity index (χ4n) is 1.33. The molecule has 0 spiro atoms. The lowest BCUT2D eigenvalue weighted by Gasteiger charge is -2.11. The largest absolute Gasteiger partial charge is 0.356 e. The zero-order valence-corrected chi connectivity index (χ0v) is 18.2. The van der Waals surface area contributed by atoms with Crippen molar-refractivity contribution in [2.45, 2.75) is 76.8 Å². The zero-order chi connectivity index (χ0) is 20.6. The monoisotopic (exact) mass is 462 g/mol. The van der Waals surface area contributed by atoms with Gasteiger partial charge in [-0.25, -0.2) is 0 Å². The van der Waals surface area contributed by atoms with Crippen LogP contribution in [0.3, 0.4) is 0 Å². The van der Waals surface area contributed by atoms with Crippen LogP contribution in [-0.2, 0) is 9.59 Å². The number of alkyl halides is 1. The molecule has 25 heavy (non-hydrogen) atoms. The molecule has 4 radical (unpaired) electrons. The Morgan fingerprint density at radius 3 is 1.08 bits per heavy atom. The molecule has 0 aromatic rings. The van der Waals surface area contributed by atoms with Gasteiger partial charge in [-0.2, -0.15) is 0 Å². The Balaban J connectivity index is -0.000000308. The summed E-state index contributed by atoms with van der Waals surface area (Å²) in [5, 5.41) is 4.64. The minimum atomic E-state index is -0.651. The summed E-state index contributed by atoms with van der Waals surface area (Å²) in [6.07, 6.45) is 2.46. The Bertz CT molecular complexity index is 387. The Kier molecular flexibility index (Phi) is 20.8. The van der Waals surface area contributed by atoms with Crippen molar-refractivity contribution in [2.24, 2.45) is 0 Å². The van der Waals surface area contributed by atoms with Gasteiger partial charge in [-0.05, 0) is 33.1 Å². The van der Waals surface area contributed by atoms with E-state index >= 15 is 0 Å². The number of halogens is 1. The molecule has 0 aliphatic heterocycles. The summed E-state index contributed by atoms with van der Waals surface area (Å²) in [6, 6.07) is -0.838. The third-order valence-corrected chi connectivity index (χ3v) is 3.87. The average molecular weight is 462 g/mol. The van der Waals surface area contributed by atoms with Gasteiger partial charge in [-0.15, -0.1) is 0 Å². The highest BCUT2D eigenvalue weighted by Gasteiger charge is 2.11. The number of carbonyl (C=O) groups is 4. The van der Waals surface area contributed by atoms with Crippen molar-refractivity contribution in [3.63, 3.8) is 0 Å². The predicted molar refractivity (Wildman–Crippen MR) is 112 cm³/mol. The lowest BCUT2D eigenvalue weighted by molar-refractivity contribution is -0.119. The quantitative estimate of drug-likeness (QED) is 0.346. The van der Waals surface area contributed by atoms with Crippen LogP contribution in [0.4, 0.5) is 9.59 Å². The van der Waals surface area contributed by atoms with Gasteiger partial charge in [0, 0.05) is 3.92 Å². The van der Waals surface area contributed by atoms with E-state index in [1.165, 1.54) is 20.3 Å². The molecule has 0 fully saturated rings. The second-order valence-corrected chi connectivity index (χ2v) is 7.48. The van der Waals surface area contributed by atoms with E-state index < -0.39 is 23.7 Å². The van der Waals surface area contributed by atoms with E-state index in [1.807, 2.05) is 13.8 Å². The minimum absolute atomic E-state index is 0.0682. The Hall–Kier alpha value is -0.860. The summed E-state index contributed by atoms with van der Waals surface area (Å²) in [5.41, 5.74) is 0. The highest BCUT2D eigenvalue weighted by molar-refractivity contribution is 14.1. The van der Waals surface area contributed by atoms with Gasteiger partial charge in [0.1, 0.15) is 0 Å². The molecular weight excluding hydrogens is 433 g/mol. The molecule has 0 aliphatic rings. The SMILES string of the molecule is CCC(C)I.[B]C(=O)NC(CC)C(C)=O.[B]C(=O)NC(CC)C(C)=O. The van der Waals surface area contributed by atoms with Gasteiger partial charge in [0.05, 0.1) is 12.1 Å². The first-order valence-electron chi connectivity index (χ1n) is 8.19. The number of carbonyl (C=O) groups excluding carboxylic acids is 4. The molecule has 0 aliphatic carbocycles.